The van der Waals surface area contributed by atoms with Gasteiger partial charge in [0.1, 0.15) is 0 Å². The molecule has 0 amide bonds. The number of Topliss-reactive ketones (excluding diaryl/α,β-unsaturated/α-hetero) is 1. The van der Waals surface area contributed by atoms with Gasteiger partial charge in [0.05, 0.1) is 12.0 Å². The van der Waals surface area contributed by atoms with E-state index in [2.05, 4.69) is 64.4 Å². The van der Waals surface area contributed by atoms with Crippen LogP contribution in [0.3, 0.4) is 0 Å². The summed E-state index contributed by atoms with van der Waals surface area (Å²) in [6.07, 6.45) is 18.1. The lowest BCUT2D eigenvalue weighted by Gasteiger charge is -2.53. The van der Waals surface area contributed by atoms with E-state index in [1.807, 2.05) is 30.3 Å². The van der Waals surface area contributed by atoms with E-state index in [0.717, 1.165) is 30.5 Å². The molecule has 4 aliphatic rings. The molecule has 2 aliphatic carbocycles. The van der Waals surface area contributed by atoms with Crippen LogP contribution in [0, 0.1) is 17.8 Å². The minimum Gasteiger partial charge on any atom is -0.370 e. The number of fused-ring (bicyclic) bond motifs is 1. The first-order valence-corrected chi connectivity index (χ1v) is 17.0. The number of ketones is 1. The van der Waals surface area contributed by atoms with E-state index in [-0.39, 0.29) is 17.2 Å². The zero-order valence-electron chi connectivity index (χ0n) is 25.3. The molecule has 0 bridgehead atoms. The lowest BCUT2D eigenvalue weighted by Crippen LogP contribution is -2.56. The van der Waals surface area contributed by atoms with Crippen molar-refractivity contribution in [3.05, 3.63) is 96.1 Å². The van der Waals surface area contributed by atoms with Gasteiger partial charge in [-0.3, -0.25) is 4.79 Å². The van der Waals surface area contributed by atoms with Crippen LogP contribution >= 0.6 is 0 Å². The Bertz CT molecular complexity index is 1310. The van der Waals surface area contributed by atoms with Gasteiger partial charge in [-0.1, -0.05) is 112 Å². The highest BCUT2D eigenvalue weighted by atomic mass is 16.1. The second kappa shape index (κ2) is 12.3. The molecule has 42 heavy (non-hydrogen) atoms. The third-order valence-electron chi connectivity index (χ3n) is 11.4. The number of nitrogens with zero attached hydrogens (tertiary/aromatic N) is 2. The number of carbonyl (C=O) groups excluding carboxylic acids is 1. The lowest BCUT2D eigenvalue weighted by molar-refractivity contribution is 0.0897. The normalized spacial score (nSPS) is 27.4. The Balaban J connectivity index is 1.15. The van der Waals surface area contributed by atoms with Gasteiger partial charge in [0.25, 0.3) is 0 Å². The summed E-state index contributed by atoms with van der Waals surface area (Å²) in [5, 5.41) is 0. The number of para-hydroxylation sites is 1. The predicted octanol–water partition coefficient (Wildman–Crippen LogP) is 9.64. The molecule has 2 saturated carbocycles. The van der Waals surface area contributed by atoms with Crippen molar-refractivity contribution >= 4 is 17.2 Å². The summed E-state index contributed by atoms with van der Waals surface area (Å²) in [6, 6.07) is 31.2. The number of anilines is 2. The number of hydrogen-bond donors (Lipinski definition) is 0. The van der Waals surface area contributed by atoms with E-state index < -0.39 is 0 Å². The second-order valence-electron chi connectivity index (χ2n) is 13.7. The maximum Gasteiger partial charge on any atom is 0.169 e. The molecule has 4 fully saturated rings. The monoisotopic (exact) mass is 560 g/mol. The molecule has 2 heterocycles. The number of hydrogen-bond acceptors (Lipinski definition) is 3. The molecule has 3 aromatic carbocycles. The SMILES string of the molecule is O=C(c1ccccc1)C1CN(c2ccc(C3CC4CCCCC4(C4CCCCCCCC4)N3c3ccccc3)cc2)C1. The fraction of sp³-hybridized carbons (Fsp3) is 0.513. The van der Waals surface area contributed by atoms with Gasteiger partial charge < -0.3 is 9.80 Å². The number of carbonyl (C=O) groups is 1. The maximum absolute atomic E-state index is 12.9. The van der Waals surface area contributed by atoms with Crippen LogP contribution in [0.4, 0.5) is 11.4 Å². The quantitative estimate of drug-likeness (QED) is 0.280. The molecule has 3 atom stereocenters. The van der Waals surface area contributed by atoms with Gasteiger partial charge in [-0.15, -0.1) is 0 Å². The maximum atomic E-state index is 12.9. The van der Waals surface area contributed by atoms with Crippen molar-refractivity contribution in [2.45, 2.75) is 95.1 Å². The van der Waals surface area contributed by atoms with E-state index in [9.17, 15) is 4.79 Å². The van der Waals surface area contributed by atoms with Gasteiger partial charge in [0.2, 0.25) is 0 Å². The first-order valence-electron chi connectivity index (χ1n) is 17.0. The molecule has 0 N–H and O–H groups in total. The molecule has 0 aromatic heterocycles. The topological polar surface area (TPSA) is 23.6 Å². The molecular weight excluding hydrogens is 512 g/mol. The summed E-state index contributed by atoms with van der Waals surface area (Å²) in [5.74, 6) is 1.96. The highest BCUT2D eigenvalue weighted by Crippen LogP contribution is 2.59. The molecule has 3 nitrogen and oxygen atoms in total. The third-order valence-corrected chi connectivity index (χ3v) is 11.4. The van der Waals surface area contributed by atoms with Crippen molar-refractivity contribution in [3.63, 3.8) is 0 Å². The first kappa shape index (κ1) is 27.7. The summed E-state index contributed by atoms with van der Waals surface area (Å²) in [7, 11) is 0. The first-order chi connectivity index (χ1) is 20.7. The summed E-state index contributed by atoms with van der Waals surface area (Å²) < 4.78 is 0. The van der Waals surface area contributed by atoms with Gasteiger partial charge in [0.15, 0.2) is 5.78 Å². The van der Waals surface area contributed by atoms with Crippen molar-refractivity contribution in [3.8, 4) is 0 Å². The van der Waals surface area contributed by atoms with Crippen molar-refractivity contribution < 1.29 is 4.79 Å². The van der Waals surface area contributed by atoms with E-state index in [0.29, 0.717) is 6.04 Å². The Morgan fingerprint density at radius 3 is 1.90 bits per heavy atom. The van der Waals surface area contributed by atoms with Crippen LogP contribution in [0.5, 0.6) is 0 Å². The summed E-state index contributed by atoms with van der Waals surface area (Å²) in [5.41, 5.74) is 5.28. The minimum atomic E-state index is 0.103. The molecule has 3 heteroatoms. The van der Waals surface area contributed by atoms with Crippen molar-refractivity contribution in [1.29, 1.82) is 0 Å². The van der Waals surface area contributed by atoms with Gasteiger partial charge in [-0.25, -0.2) is 0 Å². The van der Waals surface area contributed by atoms with Crippen LogP contribution in [-0.4, -0.2) is 24.4 Å². The molecule has 0 radical (unpaired) electrons. The van der Waals surface area contributed by atoms with Gasteiger partial charge >= 0.3 is 0 Å². The highest BCUT2D eigenvalue weighted by Gasteiger charge is 2.57. The van der Waals surface area contributed by atoms with E-state index in [4.69, 9.17) is 0 Å². The fourth-order valence-electron chi connectivity index (χ4n) is 9.32. The van der Waals surface area contributed by atoms with Crippen molar-refractivity contribution in [2.24, 2.45) is 17.8 Å². The Morgan fingerprint density at radius 1 is 0.619 bits per heavy atom. The zero-order chi connectivity index (χ0) is 28.4. The number of rotatable bonds is 6. The summed E-state index contributed by atoms with van der Waals surface area (Å²) in [4.78, 5) is 18.3. The molecule has 2 saturated heterocycles. The van der Waals surface area contributed by atoms with Gasteiger partial charge in [-0.2, -0.15) is 0 Å². The molecule has 220 valence electrons. The van der Waals surface area contributed by atoms with E-state index in [1.165, 1.54) is 100 Å². The zero-order valence-corrected chi connectivity index (χ0v) is 25.3. The minimum absolute atomic E-state index is 0.103. The summed E-state index contributed by atoms with van der Waals surface area (Å²) >= 11 is 0. The molecule has 2 aliphatic heterocycles. The van der Waals surface area contributed by atoms with Crippen molar-refractivity contribution in [1.82, 2.24) is 0 Å². The van der Waals surface area contributed by atoms with E-state index >= 15 is 0 Å². The molecule has 3 unspecified atom stereocenters. The van der Waals surface area contributed by atoms with Crippen molar-refractivity contribution in [2.75, 3.05) is 22.9 Å². The van der Waals surface area contributed by atoms with E-state index in [1.54, 1.807) is 0 Å². The van der Waals surface area contributed by atoms with Crippen LogP contribution in [0.25, 0.3) is 0 Å². The van der Waals surface area contributed by atoms with Gasteiger partial charge in [-0.05, 0) is 73.8 Å². The second-order valence-corrected chi connectivity index (χ2v) is 13.7. The average Bonchev–Trinajstić information content (AvgIpc) is 3.44. The smallest absolute Gasteiger partial charge is 0.169 e. The Morgan fingerprint density at radius 2 is 1.21 bits per heavy atom. The van der Waals surface area contributed by atoms with Crippen LogP contribution < -0.4 is 9.80 Å². The molecular formula is C39H48N2O. The Labute approximate surface area is 253 Å². The number of benzene rings is 3. The van der Waals surface area contributed by atoms with Crippen LogP contribution in [0.1, 0.15) is 105 Å². The lowest BCUT2D eigenvalue weighted by atomic mass is 9.63. The Kier molecular flexibility index (Phi) is 8.11. The molecule has 0 spiro atoms. The van der Waals surface area contributed by atoms with Crippen LogP contribution in [0.15, 0.2) is 84.9 Å². The standard InChI is InChI=1S/C39H48N2O/c42-38(31-15-7-5-8-16-31)32-28-40(29-32)35-24-22-30(23-25-35)37-27-34-19-13-14-26-39(34,41(37)36-20-11-6-12-21-36)33-17-9-3-1-2-4-10-18-33/h5-8,11-12,15-16,20-25,32-34,37H,1-4,9-10,13-14,17-19,26-29H2. The largest absolute Gasteiger partial charge is 0.370 e. The molecule has 3 aromatic rings. The highest BCUT2D eigenvalue weighted by molar-refractivity contribution is 5.99. The summed E-state index contributed by atoms with van der Waals surface area (Å²) in [6.45, 7) is 1.64. The predicted molar refractivity (Wildman–Crippen MR) is 174 cm³/mol. The fourth-order valence-corrected chi connectivity index (χ4v) is 9.32. The average molecular weight is 561 g/mol. The molecule has 7 rings (SSSR count). The van der Waals surface area contributed by atoms with Gasteiger partial charge in [0, 0.05) is 35.6 Å². The van der Waals surface area contributed by atoms with Crippen LogP contribution in [-0.2, 0) is 0 Å². The Hall–Kier alpha value is -3.07. The third kappa shape index (κ3) is 5.18. The van der Waals surface area contributed by atoms with Crippen LogP contribution in [0.2, 0.25) is 0 Å².